The van der Waals surface area contributed by atoms with Crippen molar-refractivity contribution in [3.8, 4) is 11.5 Å². The molecular formula is C25H25N3O4. The van der Waals surface area contributed by atoms with Gasteiger partial charge in [-0.2, -0.15) is 5.10 Å². The van der Waals surface area contributed by atoms with Crippen LogP contribution >= 0.6 is 0 Å². The van der Waals surface area contributed by atoms with Crippen LogP contribution in [0.25, 0.3) is 0 Å². The molecule has 0 aliphatic heterocycles. The lowest BCUT2D eigenvalue weighted by Gasteiger charge is -2.08. The Morgan fingerprint density at radius 3 is 2.53 bits per heavy atom. The van der Waals surface area contributed by atoms with Crippen LogP contribution in [0, 0.1) is 6.92 Å². The number of carbonyl (C=O) groups is 2. The molecule has 3 rings (SSSR count). The average molecular weight is 431 g/mol. The van der Waals surface area contributed by atoms with Crippen molar-refractivity contribution in [1.29, 1.82) is 0 Å². The zero-order chi connectivity index (χ0) is 22.8. The second kappa shape index (κ2) is 11.3. The molecule has 32 heavy (non-hydrogen) atoms. The van der Waals surface area contributed by atoms with Crippen molar-refractivity contribution in [2.45, 2.75) is 13.5 Å². The van der Waals surface area contributed by atoms with E-state index in [-0.39, 0.29) is 6.54 Å². The van der Waals surface area contributed by atoms with E-state index in [1.165, 1.54) is 18.9 Å². The van der Waals surface area contributed by atoms with Crippen molar-refractivity contribution in [2.24, 2.45) is 5.10 Å². The van der Waals surface area contributed by atoms with Gasteiger partial charge in [0, 0.05) is 0 Å². The van der Waals surface area contributed by atoms with Crippen LogP contribution in [-0.4, -0.2) is 31.7 Å². The molecule has 0 radical (unpaired) electrons. The Bertz CT molecular complexity index is 1090. The summed E-state index contributed by atoms with van der Waals surface area (Å²) in [7, 11) is 1.48. The maximum Gasteiger partial charge on any atom is 0.259 e. The molecule has 0 fully saturated rings. The van der Waals surface area contributed by atoms with Gasteiger partial charge in [-0.15, -0.1) is 0 Å². The monoisotopic (exact) mass is 431 g/mol. The second-order valence-corrected chi connectivity index (χ2v) is 7.02. The number of carbonyl (C=O) groups excluding carboxylic acids is 2. The van der Waals surface area contributed by atoms with Crippen LogP contribution < -0.4 is 20.2 Å². The molecule has 7 nitrogen and oxygen atoms in total. The zero-order valence-electron chi connectivity index (χ0n) is 18.0. The number of ether oxygens (including phenoxy) is 2. The fraction of sp³-hybridized carbons (Fsp3) is 0.160. The summed E-state index contributed by atoms with van der Waals surface area (Å²) in [6.07, 6.45) is 1.52. The molecule has 0 spiro atoms. The minimum atomic E-state index is -0.442. The van der Waals surface area contributed by atoms with E-state index in [1.807, 2.05) is 49.4 Å². The summed E-state index contributed by atoms with van der Waals surface area (Å²) in [4.78, 5) is 24.1. The van der Waals surface area contributed by atoms with Crippen molar-refractivity contribution in [3.05, 3.63) is 95.1 Å². The summed E-state index contributed by atoms with van der Waals surface area (Å²) in [5.41, 5.74) is 5.84. The number of benzene rings is 3. The fourth-order valence-electron chi connectivity index (χ4n) is 2.93. The lowest BCUT2D eigenvalue weighted by molar-refractivity contribution is -0.120. The third-order valence-electron chi connectivity index (χ3n) is 4.53. The number of para-hydroxylation sites is 1. The first kappa shape index (κ1) is 22.6. The van der Waals surface area contributed by atoms with Gasteiger partial charge in [-0.05, 0) is 54.4 Å². The first-order chi connectivity index (χ1) is 15.5. The van der Waals surface area contributed by atoms with Gasteiger partial charge in [0.25, 0.3) is 11.8 Å². The molecule has 7 heteroatoms. The molecule has 0 aliphatic rings. The first-order valence-electron chi connectivity index (χ1n) is 10.1. The van der Waals surface area contributed by atoms with Gasteiger partial charge >= 0.3 is 0 Å². The number of nitrogens with zero attached hydrogens (tertiary/aromatic N) is 1. The summed E-state index contributed by atoms with van der Waals surface area (Å²) >= 11 is 0. The molecule has 3 aromatic rings. The SMILES string of the molecule is COc1ccccc1C(=O)NCC(=O)NN=Cc1ccc(OCc2cccc(C)c2)cc1. The molecule has 3 aromatic carbocycles. The fourth-order valence-corrected chi connectivity index (χ4v) is 2.93. The maximum atomic E-state index is 12.2. The third-order valence-corrected chi connectivity index (χ3v) is 4.53. The number of rotatable bonds is 9. The molecule has 0 bridgehead atoms. The van der Waals surface area contributed by atoms with Crippen LogP contribution in [-0.2, 0) is 11.4 Å². The second-order valence-electron chi connectivity index (χ2n) is 7.02. The highest BCUT2D eigenvalue weighted by atomic mass is 16.5. The number of hydrazone groups is 1. The summed E-state index contributed by atoms with van der Waals surface area (Å²) in [6, 6.07) is 22.3. The molecule has 2 amide bonds. The molecular weight excluding hydrogens is 406 g/mol. The molecule has 0 aliphatic carbocycles. The van der Waals surface area contributed by atoms with Crippen LogP contribution in [0.4, 0.5) is 0 Å². The quantitative estimate of drug-likeness (QED) is 0.401. The molecule has 0 aromatic heterocycles. The lowest BCUT2D eigenvalue weighted by Crippen LogP contribution is -2.35. The van der Waals surface area contributed by atoms with Crippen molar-refractivity contribution in [1.82, 2.24) is 10.7 Å². The van der Waals surface area contributed by atoms with Crippen LogP contribution in [0.1, 0.15) is 27.0 Å². The van der Waals surface area contributed by atoms with E-state index in [1.54, 1.807) is 24.3 Å². The van der Waals surface area contributed by atoms with E-state index in [0.29, 0.717) is 17.9 Å². The largest absolute Gasteiger partial charge is 0.496 e. The molecule has 164 valence electrons. The van der Waals surface area contributed by atoms with Crippen LogP contribution in [0.3, 0.4) is 0 Å². The predicted molar refractivity (Wildman–Crippen MR) is 123 cm³/mol. The van der Waals surface area contributed by atoms with Crippen LogP contribution in [0.15, 0.2) is 77.9 Å². The molecule has 0 heterocycles. The third kappa shape index (κ3) is 6.70. The summed E-state index contributed by atoms with van der Waals surface area (Å²) in [6.45, 7) is 2.33. The predicted octanol–water partition coefficient (Wildman–Crippen LogP) is 3.46. The normalized spacial score (nSPS) is 10.6. The highest BCUT2D eigenvalue weighted by Crippen LogP contribution is 2.17. The Hall–Kier alpha value is -4.13. The highest BCUT2D eigenvalue weighted by Gasteiger charge is 2.12. The van der Waals surface area contributed by atoms with Gasteiger partial charge in [0.05, 0.1) is 25.4 Å². The summed E-state index contributed by atoms with van der Waals surface area (Å²) in [5.74, 6) is 0.340. The van der Waals surface area contributed by atoms with Crippen molar-refractivity contribution >= 4 is 18.0 Å². The molecule has 0 saturated heterocycles. The summed E-state index contributed by atoms with van der Waals surface area (Å²) < 4.78 is 10.9. The number of methoxy groups -OCH3 is 1. The van der Waals surface area contributed by atoms with E-state index in [2.05, 4.69) is 21.9 Å². The van der Waals surface area contributed by atoms with Gasteiger partial charge in [0.15, 0.2) is 0 Å². The number of hydrogen-bond acceptors (Lipinski definition) is 5. The van der Waals surface area contributed by atoms with Crippen molar-refractivity contribution < 1.29 is 19.1 Å². The Kier molecular flexibility index (Phi) is 7.97. The van der Waals surface area contributed by atoms with Crippen molar-refractivity contribution in [3.63, 3.8) is 0 Å². The van der Waals surface area contributed by atoms with Gasteiger partial charge in [-0.25, -0.2) is 5.43 Å². The van der Waals surface area contributed by atoms with E-state index in [0.717, 1.165) is 16.9 Å². The Morgan fingerprint density at radius 1 is 1.00 bits per heavy atom. The standard InChI is InChI=1S/C25H25N3O4/c1-18-6-5-7-20(14-18)17-32-21-12-10-19(11-13-21)15-27-28-24(29)16-26-25(30)22-8-3-4-9-23(22)31-2/h3-15H,16-17H2,1-2H3,(H,26,30)(H,28,29). The number of aryl methyl sites for hydroxylation is 1. The minimum absolute atomic E-state index is 0.208. The Morgan fingerprint density at radius 2 is 1.78 bits per heavy atom. The highest BCUT2D eigenvalue weighted by molar-refractivity contribution is 5.98. The van der Waals surface area contributed by atoms with Crippen molar-refractivity contribution in [2.75, 3.05) is 13.7 Å². The van der Waals surface area contributed by atoms with Gasteiger partial charge in [0.1, 0.15) is 18.1 Å². The molecule has 2 N–H and O–H groups in total. The lowest BCUT2D eigenvalue weighted by atomic mass is 10.1. The molecule has 0 unspecified atom stereocenters. The van der Waals surface area contributed by atoms with Crippen LogP contribution in [0.5, 0.6) is 11.5 Å². The van der Waals surface area contributed by atoms with E-state index in [4.69, 9.17) is 9.47 Å². The molecule has 0 saturated carbocycles. The van der Waals surface area contributed by atoms with Gasteiger partial charge in [-0.3, -0.25) is 9.59 Å². The van der Waals surface area contributed by atoms with Crippen LogP contribution in [0.2, 0.25) is 0 Å². The zero-order valence-corrected chi connectivity index (χ0v) is 18.0. The van der Waals surface area contributed by atoms with Gasteiger partial charge < -0.3 is 14.8 Å². The summed E-state index contributed by atoms with van der Waals surface area (Å²) in [5, 5.41) is 6.46. The average Bonchev–Trinajstić information content (AvgIpc) is 2.82. The smallest absolute Gasteiger partial charge is 0.259 e. The minimum Gasteiger partial charge on any atom is -0.496 e. The first-order valence-corrected chi connectivity index (χ1v) is 10.1. The maximum absolute atomic E-state index is 12.2. The van der Waals surface area contributed by atoms with Gasteiger partial charge in [0.2, 0.25) is 0 Å². The topological polar surface area (TPSA) is 89.0 Å². The Balaban J connectivity index is 1.43. The number of nitrogens with one attached hydrogen (secondary N) is 2. The Labute approximate surface area is 187 Å². The van der Waals surface area contributed by atoms with E-state index in [9.17, 15) is 9.59 Å². The van der Waals surface area contributed by atoms with E-state index < -0.39 is 11.8 Å². The van der Waals surface area contributed by atoms with E-state index >= 15 is 0 Å². The van der Waals surface area contributed by atoms with Gasteiger partial charge in [-0.1, -0.05) is 42.0 Å². The molecule has 0 atom stereocenters. The number of amides is 2. The number of hydrogen-bond donors (Lipinski definition) is 2.